The molecule has 0 unspecified atom stereocenters. The first-order valence-electron chi connectivity index (χ1n) is 6.63. The topological polar surface area (TPSA) is 80.6 Å². The quantitative estimate of drug-likeness (QED) is 0.683. The van der Waals surface area contributed by atoms with Crippen LogP contribution in [0.5, 0.6) is 0 Å². The average molecular weight is 383 g/mol. The third-order valence-electron chi connectivity index (χ3n) is 3.07. The van der Waals surface area contributed by atoms with E-state index in [2.05, 4.69) is 26.0 Å². The molecule has 1 aromatic rings. The van der Waals surface area contributed by atoms with Crippen LogP contribution in [0.4, 0.5) is 0 Å². The second-order valence-corrected chi connectivity index (χ2v) is 8.07. The first-order chi connectivity index (χ1) is 9.72. The van der Waals surface area contributed by atoms with E-state index in [1.54, 1.807) is 14.2 Å². The van der Waals surface area contributed by atoms with E-state index < -0.39 is 10.0 Å². The summed E-state index contributed by atoms with van der Waals surface area (Å²) in [5.41, 5.74) is -0.187. The van der Waals surface area contributed by atoms with Crippen LogP contribution in [-0.4, -0.2) is 35.7 Å². The average Bonchev–Trinajstić information content (AvgIpc) is 2.77. The van der Waals surface area contributed by atoms with Gasteiger partial charge in [0, 0.05) is 26.3 Å². The van der Waals surface area contributed by atoms with Crippen molar-refractivity contribution in [2.24, 2.45) is 5.41 Å². The molecule has 0 radical (unpaired) electrons. The predicted octanol–water partition coefficient (Wildman–Crippen LogP) is 2.10. The molecule has 2 N–H and O–H groups in total. The van der Waals surface area contributed by atoms with Crippen molar-refractivity contribution >= 4 is 26.0 Å². The summed E-state index contributed by atoms with van der Waals surface area (Å²) in [6.07, 6.45) is 0.767. The maximum Gasteiger partial charge on any atom is 0.244 e. The lowest BCUT2D eigenvalue weighted by molar-refractivity contribution is 0.153. The van der Waals surface area contributed by atoms with E-state index >= 15 is 0 Å². The zero-order chi connectivity index (χ0) is 16.1. The van der Waals surface area contributed by atoms with Crippen LogP contribution in [0.1, 0.15) is 26.0 Å². The number of rotatable bonds is 9. The van der Waals surface area contributed by atoms with Gasteiger partial charge in [0.2, 0.25) is 10.0 Å². The summed E-state index contributed by atoms with van der Waals surface area (Å²) < 4.78 is 37.9. The molecular formula is C13H23BrN2O4S. The summed E-state index contributed by atoms with van der Waals surface area (Å²) in [6.45, 7) is 5.37. The molecule has 0 aromatic carbocycles. The van der Waals surface area contributed by atoms with Gasteiger partial charge in [-0.1, -0.05) is 13.8 Å². The third-order valence-corrected chi connectivity index (χ3v) is 5.33. The molecule has 0 aliphatic rings. The lowest BCUT2D eigenvalue weighted by Crippen LogP contribution is -2.34. The molecule has 0 amide bonds. The van der Waals surface area contributed by atoms with E-state index in [9.17, 15) is 8.42 Å². The fourth-order valence-corrected chi connectivity index (χ4v) is 3.91. The number of furan rings is 1. The van der Waals surface area contributed by atoms with Crippen LogP contribution >= 0.6 is 15.9 Å². The zero-order valence-electron chi connectivity index (χ0n) is 12.8. The molecule has 0 aliphatic heterocycles. The van der Waals surface area contributed by atoms with E-state index in [0.717, 1.165) is 6.42 Å². The highest BCUT2D eigenvalue weighted by Crippen LogP contribution is 2.27. The normalized spacial score (nSPS) is 12.8. The number of hydrogen-bond donors (Lipinski definition) is 2. The number of nitrogens with one attached hydrogen (secondary N) is 2. The van der Waals surface area contributed by atoms with Gasteiger partial charge in [-0.3, -0.25) is 0 Å². The highest BCUT2D eigenvalue weighted by atomic mass is 79.9. The fraction of sp³-hybridized carbons (Fsp3) is 0.692. The molecule has 0 spiro atoms. The maximum atomic E-state index is 12.3. The SMILES string of the molecule is CNCc1cc(S(=O)(=O)NCC(C)(C)CCOC)c(Br)o1. The molecule has 6 nitrogen and oxygen atoms in total. The summed E-state index contributed by atoms with van der Waals surface area (Å²) in [7, 11) is -0.210. The van der Waals surface area contributed by atoms with Gasteiger partial charge in [0.1, 0.15) is 10.7 Å². The van der Waals surface area contributed by atoms with Crippen molar-refractivity contribution in [3.63, 3.8) is 0 Å². The van der Waals surface area contributed by atoms with Crippen LogP contribution in [0, 0.1) is 5.41 Å². The molecule has 8 heteroatoms. The fourth-order valence-electron chi connectivity index (χ4n) is 1.68. The molecule has 1 heterocycles. The molecular weight excluding hydrogens is 360 g/mol. The summed E-state index contributed by atoms with van der Waals surface area (Å²) in [5, 5.41) is 2.91. The second kappa shape index (κ2) is 7.73. The van der Waals surface area contributed by atoms with Crippen molar-refractivity contribution in [2.45, 2.75) is 31.7 Å². The summed E-state index contributed by atoms with van der Waals surface area (Å²) in [4.78, 5) is 0.121. The third kappa shape index (κ3) is 5.71. The molecule has 0 saturated carbocycles. The van der Waals surface area contributed by atoms with Crippen LogP contribution in [0.2, 0.25) is 0 Å². The van der Waals surface area contributed by atoms with E-state index in [0.29, 0.717) is 25.5 Å². The number of halogens is 1. The molecule has 0 aliphatic carbocycles. The van der Waals surface area contributed by atoms with Crippen LogP contribution < -0.4 is 10.0 Å². The highest BCUT2D eigenvalue weighted by molar-refractivity contribution is 9.10. The summed E-state index contributed by atoms with van der Waals surface area (Å²) >= 11 is 3.15. The van der Waals surface area contributed by atoms with Crippen molar-refractivity contribution in [3.8, 4) is 0 Å². The van der Waals surface area contributed by atoms with Gasteiger partial charge in [0.05, 0.1) is 6.54 Å². The molecule has 0 saturated heterocycles. The molecule has 21 heavy (non-hydrogen) atoms. The zero-order valence-corrected chi connectivity index (χ0v) is 15.2. The van der Waals surface area contributed by atoms with E-state index in [1.165, 1.54) is 6.07 Å². The lowest BCUT2D eigenvalue weighted by atomic mass is 9.90. The van der Waals surface area contributed by atoms with Crippen LogP contribution in [-0.2, 0) is 21.3 Å². The standard InChI is InChI=1S/C13H23BrN2O4S/c1-13(2,5-6-19-4)9-16-21(17,18)11-7-10(8-15-3)20-12(11)14/h7,15-16H,5-6,8-9H2,1-4H3. The largest absolute Gasteiger partial charge is 0.452 e. The maximum absolute atomic E-state index is 12.3. The Morgan fingerprint density at radius 1 is 1.43 bits per heavy atom. The first kappa shape index (κ1) is 18.6. The molecule has 0 atom stereocenters. The summed E-state index contributed by atoms with van der Waals surface area (Å²) in [6, 6.07) is 1.52. The van der Waals surface area contributed by atoms with E-state index in [-0.39, 0.29) is 15.0 Å². The van der Waals surface area contributed by atoms with Crippen LogP contribution in [0.3, 0.4) is 0 Å². The number of hydrogen-bond acceptors (Lipinski definition) is 5. The molecule has 0 fully saturated rings. The minimum atomic E-state index is -3.61. The van der Waals surface area contributed by atoms with Crippen molar-refractivity contribution in [3.05, 3.63) is 16.5 Å². The Kier molecular flexibility index (Phi) is 6.86. The van der Waals surface area contributed by atoms with E-state index in [1.807, 2.05) is 13.8 Å². The van der Waals surface area contributed by atoms with Gasteiger partial charge in [0.25, 0.3) is 0 Å². The van der Waals surface area contributed by atoms with Gasteiger partial charge in [-0.05, 0) is 34.8 Å². The predicted molar refractivity (Wildman–Crippen MR) is 84.6 cm³/mol. The smallest absolute Gasteiger partial charge is 0.244 e. The lowest BCUT2D eigenvalue weighted by Gasteiger charge is -2.24. The van der Waals surface area contributed by atoms with Gasteiger partial charge in [-0.25, -0.2) is 13.1 Å². The Morgan fingerprint density at radius 3 is 2.67 bits per heavy atom. The van der Waals surface area contributed by atoms with Gasteiger partial charge >= 0.3 is 0 Å². The minimum absolute atomic E-state index is 0.121. The molecule has 0 bridgehead atoms. The van der Waals surface area contributed by atoms with Crippen molar-refractivity contribution in [2.75, 3.05) is 27.3 Å². The first-order valence-corrected chi connectivity index (χ1v) is 8.91. The van der Waals surface area contributed by atoms with E-state index in [4.69, 9.17) is 9.15 Å². The Balaban J connectivity index is 2.77. The van der Waals surface area contributed by atoms with Crippen molar-refractivity contribution in [1.29, 1.82) is 0 Å². The number of sulfonamides is 1. The Labute approximate surface area is 134 Å². The van der Waals surface area contributed by atoms with Crippen LogP contribution in [0.15, 0.2) is 20.0 Å². The second-order valence-electron chi connectivity index (χ2n) is 5.61. The Bertz CT molecular complexity index is 555. The number of methoxy groups -OCH3 is 1. The van der Waals surface area contributed by atoms with Gasteiger partial charge < -0.3 is 14.5 Å². The van der Waals surface area contributed by atoms with Crippen molar-refractivity contribution in [1.82, 2.24) is 10.0 Å². The van der Waals surface area contributed by atoms with Gasteiger partial charge in [0.15, 0.2) is 4.67 Å². The Hall–Kier alpha value is -0.410. The molecule has 122 valence electrons. The number of ether oxygens (including phenoxy) is 1. The Morgan fingerprint density at radius 2 is 2.10 bits per heavy atom. The summed E-state index contributed by atoms with van der Waals surface area (Å²) in [5.74, 6) is 0.559. The van der Waals surface area contributed by atoms with Gasteiger partial charge in [-0.2, -0.15) is 0 Å². The van der Waals surface area contributed by atoms with Crippen molar-refractivity contribution < 1.29 is 17.6 Å². The minimum Gasteiger partial charge on any atom is -0.452 e. The molecule has 1 aromatic heterocycles. The monoisotopic (exact) mass is 382 g/mol. The van der Waals surface area contributed by atoms with Crippen LogP contribution in [0.25, 0.3) is 0 Å². The van der Waals surface area contributed by atoms with Gasteiger partial charge in [-0.15, -0.1) is 0 Å². The highest BCUT2D eigenvalue weighted by Gasteiger charge is 2.26. The molecule has 1 rings (SSSR count).